The summed E-state index contributed by atoms with van der Waals surface area (Å²) in [5.41, 5.74) is 3.50. The number of halogens is 1. The number of nitrogens with one attached hydrogen (secondary N) is 1. The number of hydrogen-bond donors (Lipinski definition) is 1. The van der Waals surface area contributed by atoms with E-state index in [1.807, 2.05) is 36.4 Å². The molecule has 33 heavy (non-hydrogen) atoms. The minimum atomic E-state index is -0.122. The van der Waals surface area contributed by atoms with E-state index in [1.54, 1.807) is 22.9 Å². The molecule has 1 N–H and O–H groups in total. The minimum absolute atomic E-state index is 0.122. The summed E-state index contributed by atoms with van der Waals surface area (Å²) in [7, 11) is 2.16. The van der Waals surface area contributed by atoms with E-state index in [1.165, 1.54) is 5.69 Å². The van der Waals surface area contributed by atoms with Crippen molar-refractivity contribution in [1.82, 2.24) is 19.4 Å². The summed E-state index contributed by atoms with van der Waals surface area (Å²) in [6.45, 7) is 4.58. The highest BCUT2D eigenvalue weighted by molar-refractivity contribution is 6.30. The van der Waals surface area contributed by atoms with Gasteiger partial charge in [-0.3, -0.25) is 9.36 Å². The molecule has 0 bridgehead atoms. The molecule has 0 aliphatic carbocycles. The molecule has 0 radical (unpaired) electrons. The molecule has 2 aromatic carbocycles. The molecule has 168 valence electrons. The van der Waals surface area contributed by atoms with Crippen LogP contribution in [-0.4, -0.2) is 52.7 Å². The van der Waals surface area contributed by atoms with E-state index >= 15 is 0 Å². The Labute approximate surface area is 197 Å². The van der Waals surface area contributed by atoms with E-state index in [4.69, 9.17) is 11.6 Å². The Hall–Kier alpha value is -3.42. The molecule has 0 unspecified atom stereocenters. The van der Waals surface area contributed by atoms with E-state index in [9.17, 15) is 4.79 Å². The molecule has 1 fully saturated rings. The zero-order valence-corrected chi connectivity index (χ0v) is 19.2. The standard InChI is InChI=1S/C25H25ClN6O/c1-30-11-13-31(14-12-30)22-8-6-21(7-9-22)28-25-27-16-19-5-10-23(33)32(24(19)29-25)17-18-3-2-4-20(26)15-18/h2-10,15-16H,11-14,17H2,1H3,(H,27,28,29). The van der Waals surface area contributed by atoms with E-state index < -0.39 is 0 Å². The molecule has 7 nitrogen and oxygen atoms in total. The number of piperazine rings is 1. The van der Waals surface area contributed by atoms with Gasteiger partial charge in [0.2, 0.25) is 5.95 Å². The number of hydrogen-bond acceptors (Lipinski definition) is 6. The number of nitrogens with zero attached hydrogens (tertiary/aromatic N) is 5. The van der Waals surface area contributed by atoms with E-state index in [2.05, 4.69) is 44.3 Å². The maximum atomic E-state index is 12.6. The second kappa shape index (κ2) is 9.21. The SMILES string of the molecule is CN1CCN(c2ccc(Nc3ncc4ccc(=O)n(Cc5cccc(Cl)c5)c4n3)cc2)CC1. The molecule has 0 amide bonds. The summed E-state index contributed by atoms with van der Waals surface area (Å²) in [5.74, 6) is 0.445. The molecule has 0 atom stereocenters. The van der Waals surface area contributed by atoms with Crippen LogP contribution in [0.1, 0.15) is 5.56 Å². The van der Waals surface area contributed by atoms with Crippen LogP contribution in [0, 0.1) is 0 Å². The van der Waals surface area contributed by atoms with Crippen LogP contribution in [0.4, 0.5) is 17.3 Å². The van der Waals surface area contributed by atoms with Crippen molar-refractivity contribution in [2.75, 3.05) is 43.4 Å². The lowest BCUT2D eigenvalue weighted by atomic mass is 10.2. The first-order valence-corrected chi connectivity index (χ1v) is 11.3. The monoisotopic (exact) mass is 460 g/mol. The van der Waals surface area contributed by atoms with Gasteiger partial charge in [0.25, 0.3) is 5.56 Å². The Morgan fingerprint density at radius 1 is 1.00 bits per heavy atom. The summed E-state index contributed by atoms with van der Waals surface area (Å²) >= 11 is 6.12. The number of pyridine rings is 1. The summed E-state index contributed by atoms with van der Waals surface area (Å²) in [6, 6.07) is 19.1. The maximum absolute atomic E-state index is 12.6. The van der Waals surface area contributed by atoms with Crippen molar-refractivity contribution in [2.45, 2.75) is 6.54 Å². The summed E-state index contributed by atoms with van der Waals surface area (Å²) in [6.07, 6.45) is 1.73. The number of fused-ring (bicyclic) bond motifs is 1. The van der Waals surface area contributed by atoms with Crippen molar-refractivity contribution in [2.24, 2.45) is 0 Å². The maximum Gasteiger partial charge on any atom is 0.252 e. The van der Waals surface area contributed by atoms with Crippen LogP contribution in [0.25, 0.3) is 11.0 Å². The summed E-state index contributed by atoms with van der Waals surface area (Å²) < 4.78 is 1.64. The van der Waals surface area contributed by atoms with Crippen LogP contribution >= 0.6 is 11.6 Å². The molecule has 1 aliphatic heterocycles. The van der Waals surface area contributed by atoms with Crippen LogP contribution < -0.4 is 15.8 Å². The molecule has 8 heteroatoms. The van der Waals surface area contributed by atoms with Gasteiger partial charge in [-0.05, 0) is 55.1 Å². The van der Waals surface area contributed by atoms with Gasteiger partial charge in [0.1, 0.15) is 5.65 Å². The predicted molar refractivity (Wildman–Crippen MR) is 134 cm³/mol. The van der Waals surface area contributed by atoms with E-state index in [-0.39, 0.29) is 5.56 Å². The highest BCUT2D eigenvalue weighted by Crippen LogP contribution is 2.22. The van der Waals surface area contributed by atoms with Gasteiger partial charge >= 0.3 is 0 Å². The van der Waals surface area contributed by atoms with Crippen molar-refractivity contribution in [1.29, 1.82) is 0 Å². The third-order valence-electron chi connectivity index (χ3n) is 5.94. The largest absolute Gasteiger partial charge is 0.369 e. The van der Waals surface area contributed by atoms with Crippen LogP contribution in [0.15, 0.2) is 71.7 Å². The third kappa shape index (κ3) is 4.84. The Morgan fingerprint density at radius 2 is 1.79 bits per heavy atom. The zero-order chi connectivity index (χ0) is 22.8. The number of aromatic nitrogens is 3. The fraction of sp³-hybridized carbons (Fsp3) is 0.240. The van der Waals surface area contributed by atoms with Gasteiger partial charge in [-0.2, -0.15) is 4.98 Å². The number of likely N-dealkylation sites (N-methyl/N-ethyl adjacent to an activating group) is 1. The first-order chi connectivity index (χ1) is 16.0. The fourth-order valence-electron chi connectivity index (χ4n) is 4.05. The molecule has 1 saturated heterocycles. The molecule has 2 aromatic heterocycles. The quantitative estimate of drug-likeness (QED) is 0.486. The van der Waals surface area contributed by atoms with Crippen LogP contribution in [-0.2, 0) is 6.54 Å². The molecular weight excluding hydrogens is 436 g/mol. The molecule has 0 spiro atoms. The van der Waals surface area contributed by atoms with Crippen LogP contribution in [0.5, 0.6) is 0 Å². The molecule has 3 heterocycles. The summed E-state index contributed by atoms with van der Waals surface area (Å²) in [5, 5.41) is 4.70. The van der Waals surface area contributed by atoms with Gasteiger partial charge in [0.05, 0.1) is 6.54 Å². The van der Waals surface area contributed by atoms with Gasteiger partial charge in [0, 0.05) is 60.2 Å². The highest BCUT2D eigenvalue weighted by atomic mass is 35.5. The smallest absolute Gasteiger partial charge is 0.252 e. The predicted octanol–water partition coefficient (Wildman–Crippen LogP) is 3.99. The van der Waals surface area contributed by atoms with Crippen molar-refractivity contribution in [3.05, 3.63) is 87.8 Å². The van der Waals surface area contributed by atoms with Crippen LogP contribution in [0.3, 0.4) is 0 Å². The van der Waals surface area contributed by atoms with Crippen molar-refractivity contribution in [3.63, 3.8) is 0 Å². The fourth-order valence-corrected chi connectivity index (χ4v) is 4.26. The number of anilines is 3. The molecule has 5 rings (SSSR count). The first kappa shape index (κ1) is 21.4. The minimum Gasteiger partial charge on any atom is -0.369 e. The highest BCUT2D eigenvalue weighted by Gasteiger charge is 2.14. The van der Waals surface area contributed by atoms with Crippen LogP contribution in [0.2, 0.25) is 5.02 Å². The third-order valence-corrected chi connectivity index (χ3v) is 6.18. The topological polar surface area (TPSA) is 66.3 Å². The van der Waals surface area contributed by atoms with Gasteiger partial charge < -0.3 is 15.1 Å². The second-order valence-electron chi connectivity index (χ2n) is 8.32. The first-order valence-electron chi connectivity index (χ1n) is 11.0. The zero-order valence-electron chi connectivity index (χ0n) is 18.4. The lowest BCUT2D eigenvalue weighted by Crippen LogP contribution is -2.44. The molecule has 1 aliphatic rings. The Morgan fingerprint density at radius 3 is 2.55 bits per heavy atom. The Bertz CT molecular complexity index is 1330. The van der Waals surface area contributed by atoms with Gasteiger partial charge in [-0.25, -0.2) is 4.98 Å². The number of rotatable bonds is 5. The lowest BCUT2D eigenvalue weighted by Gasteiger charge is -2.34. The average Bonchev–Trinajstić information content (AvgIpc) is 2.82. The van der Waals surface area contributed by atoms with Crippen molar-refractivity contribution in [3.8, 4) is 0 Å². The Balaban J connectivity index is 1.39. The molecule has 0 saturated carbocycles. The van der Waals surface area contributed by atoms with Crippen molar-refractivity contribution < 1.29 is 0 Å². The van der Waals surface area contributed by atoms with Crippen molar-refractivity contribution >= 4 is 40.0 Å². The molecular formula is C25H25ClN6O. The lowest BCUT2D eigenvalue weighted by molar-refractivity contribution is 0.313. The number of benzene rings is 2. The van der Waals surface area contributed by atoms with E-state index in [0.717, 1.165) is 42.8 Å². The van der Waals surface area contributed by atoms with Gasteiger partial charge in [0.15, 0.2) is 0 Å². The van der Waals surface area contributed by atoms with E-state index in [0.29, 0.717) is 23.2 Å². The Kier molecular flexibility index (Phi) is 5.98. The average molecular weight is 461 g/mol. The molecule has 4 aromatic rings. The normalized spacial score (nSPS) is 14.5. The summed E-state index contributed by atoms with van der Waals surface area (Å²) in [4.78, 5) is 26.5. The van der Waals surface area contributed by atoms with Gasteiger partial charge in [-0.1, -0.05) is 23.7 Å². The van der Waals surface area contributed by atoms with Gasteiger partial charge in [-0.15, -0.1) is 0 Å². The second-order valence-corrected chi connectivity index (χ2v) is 8.76.